The molecule has 0 aliphatic carbocycles. The number of hydrogen-bond donors (Lipinski definition) is 0. The first-order chi connectivity index (χ1) is 17.3. The smallest absolute Gasteiger partial charge is 0.419 e. The third-order valence-corrected chi connectivity index (χ3v) is 6.13. The fourth-order valence-electron chi connectivity index (χ4n) is 4.20. The molecule has 36 heavy (non-hydrogen) atoms. The van der Waals surface area contributed by atoms with Crippen LogP contribution in [0.15, 0.2) is 66.7 Å². The summed E-state index contributed by atoms with van der Waals surface area (Å²) < 4.78 is 65.1. The highest BCUT2D eigenvalue weighted by Crippen LogP contribution is 2.32. The first kappa shape index (κ1) is 25.7. The van der Waals surface area contributed by atoms with Crippen LogP contribution in [-0.2, 0) is 41.7 Å². The Hall–Kier alpha value is -3.39. The minimum absolute atomic E-state index is 0.0142. The molecule has 3 aromatic rings. The lowest BCUT2D eigenvalue weighted by Gasteiger charge is -2.24. The summed E-state index contributed by atoms with van der Waals surface area (Å²) in [5.41, 5.74) is 1.70. The first-order valence-electron chi connectivity index (χ1n) is 11.8. The molecule has 0 atom stereocenters. The minimum atomic E-state index is -4.74. The van der Waals surface area contributed by atoms with E-state index < -0.39 is 17.6 Å². The average Bonchev–Trinajstić information content (AvgIpc) is 2.85. The van der Waals surface area contributed by atoms with Crippen LogP contribution in [0, 0.1) is 5.82 Å². The molecule has 0 saturated heterocycles. The topological polar surface area (TPSA) is 38.8 Å². The number of alkyl halides is 3. The van der Waals surface area contributed by atoms with E-state index in [0.717, 1.165) is 22.8 Å². The second kappa shape index (κ2) is 11.6. The second-order valence-corrected chi connectivity index (χ2v) is 8.76. The predicted molar refractivity (Wildman–Crippen MR) is 127 cm³/mol. The van der Waals surface area contributed by atoms with Crippen molar-refractivity contribution in [2.24, 2.45) is 0 Å². The van der Waals surface area contributed by atoms with Gasteiger partial charge in [-0.1, -0.05) is 48.5 Å². The van der Waals surface area contributed by atoms with Gasteiger partial charge in [-0.05, 0) is 47.7 Å². The highest BCUT2D eigenvalue weighted by atomic mass is 19.4. The quantitative estimate of drug-likeness (QED) is 0.195. The van der Waals surface area contributed by atoms with Crippen LogP contribution in [-0.4, -0.2) is 30.6 Å². The zero-order valence-electron chi connectivity index (χ0n) is 19.7. The Balaban J connectivity index is 1.38. The molecule has 0 radical (unpaired) electrons. The standard InChI is InChI=1S/C28H27F4NO3/c29-27-21(8-4-9-25(27)28(30,31)32)18-33(14-12-20-6-2-1-3-7-20)13-5-15-35-24-11-10-22-19-36-26(34)17-23(22)16-24/h1-4,6-11,16H,5,12-15,17-19H2. The molecule has 1 aliphatic rings. The molecule has 0 bridgehead atoms. The fraction of sp³-hybridized carbons (Fsp3) is 0.321. The second-order valence-electron chi connectivity index (χ2n) is 8.76. The molecule has 4 nitrogen and oxygen atoms in total. The summed E-state index contributed by atoms with van der Waals surface area (Å²) in [5, 5.41) is 0. The molecular formula is C28H27F4NO3. The lowest BCUT2D eigenvalue weighted by Crippen LogP contribution is -2.28. The summed E-state index contributed by atoms with van der Waals surface area (Å²) in [6, 6.07) is 18.7. The van der Waals surface area contributed by atoms with Crippen molar-refractivity contribution in [3.05, 3.63) is 100 Å². The zero-order valence-corrected chi connectivity index (χ0v) is 19.7. The SMILES string of the molecule is O=C1Cc2cc(OCCCN(CCc3ccccc3)Cc3cccc(C(F)(F)F)c3F)ccc2CO1. The van der Waals surface area contributed by atoms with Crippen LogP contribution >= 0.6 is 0 Å². The Labute approximate surface area is 207 Å². The molecule has 0 saturated carbocycles. The van der Waals surface area contributed by atoms with Gasteiger partial charge in [0.25, 0.3) is 0 Å². The van der Waals surface area contributed by atoms with Crippen LogP contribution in [0.3, 0.4) is 0 Å². The number of fused-ring (bicyclic) bond motifs is 1. The van der Waals surface area contributed by atoms with E-state index in [2.05, 4.69) is 0 Å². The van der Waals surface area contributed by atoms with E-state index in [1.54, 1.807) is 0 Å². The van der Waals surface area contributed by atoms with Gasteiger partial charge in [0, 0.05) is 25.2 Å². The van der Waals surface area contributed by atoms with Crippen molar-refractivity contribution < 1.29 is 31.8 Å². The maximum atomic E-state index is 14.7. The largest absolute Gasteiger partial charge is 0.494 e. The van der Waals surface area contributed by atoms with Crippen molar-refractivity contribution >= 4 is 5.97 Å². The molecule has 190 valence electrons. The van der Waals surface area contributed by atoms with Crippen molar-refractivity contribution in [2.45, 2.75) is 38.6 Å². The molecule has 0 fully saturated rings. The van der Waals surface area contributed by atoms with E-state index in [0.29, 0.717) is 38.3 Å². The molecule has 8 heteroatoms. The molecule has 0 unspecified atom stereocenters. The van der Waals surface area contributed by atoms with Gasteiger partial charge in [-0.2, -0.15) is 13.2 Å². The number of cyclic esters (lactones) is 1. The first-order valence-corrected chi connectivity index (χ1v) is 11.8. The van der Waals surface area contributed by atoms with E-state index in [1.165, 1.54) is 12.1 Å². The Morgan fingerprint density at radius 1 is 0.944 bits per heavy atom. The molecule has 1 aliphatic heterocycles. The minimum Gasteiger partial charge on any atom is -0.494 e. The number of nitrogens with zero attached hydrogens (tertiary/aromatic N) is 1. The van der Waals surface area contributed by atoms with Crippen molar-refractivity contribution in [3.63, 3.8) is 0 Å². The Morgan fingerprint density at radius 3 is 2.53 bits per heavy atom. The van der Waals surface area contributed by atoms with Crippen molar-refractivity contribution in [2.75, 3.05) is 19.7 Å². The summed E-state index contributed by atoms with van der Waals surface area (Å²) in [6.45, 7) is 1.76. The maximum absolute atomic E-state index is 14.7. The molecular weight excluding hydrogens is 474 g/mol. The van der Waals surface area contributed by atoms with Gasteiger partial charge < -0.3 is 9.47 Å². The Bertz CT molecular complexity index is 1180. The van der Waals surface area contributed by atoms with Gasteiger partial charge in [0.15, 0.2) is 0 Å². The van der Waals surface area contributed by atoms with Gasteiger partial charge in [-0.3, -0.25) is 9.69 Å². The van der Waals surface area contributed by atoms with E-state index in [9.17, 15) is 22.4 Å². The summed E-state index contributed by atoms with van der Waals surface area (Å²) >= 11 is 0. The van der Waals surface area contributed by atoms with Crippen LogP contribution < -0.4 is 4.74 Å². The molecule has 0 spiro atoms. The number of hydrogen-bond acceptors (Lipinski definition) is 4. The van der Waals surface area contributed by atoms with E-state index >= 15 is 0 Å². The fourth-order valence-corrected chi connectivity index (χ4v) is 4.20. The normalized spacial score (nSPS) is 13.4. The molecule has 1 heterocycles. The maximum Gasteiger partial charge on any atom is 0.419 e. The lowest BCUT2D eigenvalue weighted by molar-refractivity contribution is -0.145. The molecule has 0 amide bonds. The number of carbonyl (C=O) groups is 1. The van der Waals surface area contributed by atoms with E-state index in [4.69, 9.17) is 9.47 Å². The van der Waals surface area contributed by atoms with Gasteiger partial charge in [-0.25, -0.2) is 4.39 Å². The van der Waals surface area contributed by atoms with Crippen LogP contribution in [0.4, 0.5) is 17.6 Å². The van der Waals surface area contributed by atoms with Crippen LogP contribution in [0.25, 0.3) is 0 Å². The van der Waals surface area contributed by atoms with Crippen LogP contribution in [0.5, 0.6) is 5.75 Å². The number of esters is 1. The average molecular weight is 502 g/mol. The highest BCUT2D eigenvalue weighted by Gasteiger charge is 2.34. The monoisotopic (exact) mass is 501 g/mol. The van der Waals surface area contributed by atoms with Gasteiger partial charge in [-0.15, -0.1) is 0 Å². The molecule has 3 aromatic carbocycles. The lowest BCUT2D eigenvalue weighted by atomic mass is 10.0. The number of ether oxygens (including phenoxy) is 2. The van der Waals surface area contributed by atoms with Crippen molar-refractivity contribution in [1.29, 1.82) is 0 Å². The third kappa shape index (κ3) is 6.85. The molecule has 0 aromatic heterocycles. The third-order valence-electron chi connectivity index (χ3n) is 6.13. The number of rotatable bonds is 10. The van der Waals surface area contributed by atoms with Crippen molar-refractivity contribution in [1.82, 2.24) is 4.90 Å². The van der Waals surface area contributed by atoms with Crippen LogP contribution in [0.2, 0.25) is 0 Å². The van der Waals surface area contributed by atoms with E-state index in [-0.39, 0.29) is 31.1 Å². The Morgan fingerprint density at radius 2 is 1.75 bits per heavy atom. The van der Waals surface area contributed by atoms with Gasteiger partial charge in [0.1, 0.15) is 18.2 Å². The summed E-state index contributed by atoms with van der Waals surface area (Å²) in [7, 11) is 0. The number of benzene rings is 3. The molecule has 0 N–H and O–H groups in total. The number of halogens is 4. The van der Waals surface area contributed by atoms with Gasteiger partial charge >= 0.3 is 12.1 Å². The van der Waals surface area contributed by atoms with Gasteiger partial charge in [0.05, 0.1) is 18.6 Å². The Kier molecular flexibility index (Phi) is 8.25. The van der Waals surface area contributed by atoms with Gasteiger partial charge in [0.2, 0.25) is 0 Å². The predicted octanol–water partition coefficient (Wildman–Crippen LogP) is 5.96. The van der Waals surface area contributed by atoms with Crippen LogP contribution in [0.1, 0.15) is 34.2 Å². The molecule has 4 rings (SSSR count). The van der Waals surface area contributed by atoms with E-state index in [1.807, 2.05) is 53.4 Å². The zero-order chi connectivity index (χ0) is 25.5. The summed E-state index contributed by atoms with van der Waals surface area (Å²) in [5.74, 6) is -0.850. The summed E-state index contributed by atoms with van der Waals surface area (Å²) in [4.78, 5) is 13.5. The highest BCUT2D eigenvalue weighted by molar-refractivity contribution is 5.74. The number of carbonyl (C=O) groups excluding carboxylic acids is 1. The summed E-state index contributed by atoms with van der Waals surface area (Å²) in [6.07, 6.45) is -3.26. The van der Waals surface area contributed by atoms with Crippen molar-refractivity contribution in [3.8, 4) is 5.75 Å².